The molecule has 4 nitrogen and oxygen atoms in total. The summed E-state index contributed by atoms with van der Waals surface area (Å²) in [6.45, 7) is 1.39. The summed E-state index contributed by atoms with van der Waals surface area (Å²) in [5.41, 5.74) is 7.18. The first kappa shape index (κ1) is 11.5. The lowest BCUT2D eigenvalue weighted by Crippen LogP contribution is -2.41. The summed E-state index contributed by atoms with van der Waals surface area (Å²) in [7, 11) is 0. The van der Waals surface area contributed by atoms with Crippen LogP contribution in [0.25, 0.3) is 0 Å². The van der Waals surface area contributed by atoms with Crippen molar-refractivity contribution >= 4 is 11.6 Å². The van der Waals surface area contributed by atoms with Gasteiger partial charge in [-0.1, -0.05) is 12.1 Å². The Morgan fingerprint density at radius 1 is 1.33 bits per heavy atom. The van der Waals surface area contributed by atoms with E-state index in [0.29, 0.717) is 6.61 Å². The van der Waals surface area contributed by atoms with Gasteiger partial charge in [0.05, 0.1) is 18.1 Å². The quantitative estimate of drug-likeness (QED) is 0.788. The smallest absolute Gasteiger partial charge is 0.230 e. The van der Waals surface area contributed by atoms with Crippen LogP contribution >= 0.6 is 0 Å². The van der Waals surface area contributed by atoms with Gasteiger partial charge in [0.15, 0.2) is 0 Å². The van der Waals surface area contributed by atoms with Crippen molar-refractivity contribution < 1.29 is 9.53 Å². The second-order valence-electron chi connectivity index (χ2n) is 5.24. The normalized spacial score (nSPS) is 24.8. The zero-order valence-corrected chi connectivity index (χ0v) is 10.3. The Morgan fingerprint density at radius 3 is 2.61 bits per heavy atom. The molecule has 2 aliphatic rings. The van der Waals surface area contributed by atoms with Gasteiger partial charge in [0.1, 0.15) is 0 Å². The maximum absolute atomic E-state index is 12.4. The van der Waals surface area contributed by atoms with Gasteiger partial charge < -0.3 is 15.8 Å². The van der Waals surface area contributed by atoms with Crippen LogP contribution in [0.4, 0.5) is 5.69 Å². The third-order valence-electron chi connectivity index (χ3n) is 3.91. The summed E-state index contributed by atoms with van der Waals surface area (Å²) < 4.78 is 5.28. The van der Waals surface area contributed by atoms with Crippen LogP contribution in [0, 0.1) is 0 Å². The monoisotopic (exact) mass is 246 g/mol. The van der Waals surface area contributed by atoms with Gasteiger partial charge in [0.25, 0.3) is 0 Å². The molecule has 1 saturated carbocycles. The summed E-state index contributed by atoms with van der Waals surface area (Å²) >= 11 is 0. The van der Waals surface area contributed by atoms with Gasteiger partial charge >= 0.3 is 0 Å². The minimum Gasteiger partial charge on any atom is -0.399 e. The van der Waals surface area contributed by atoms with Crippen LogP contribution in [-0.2, 0) is 14.9 Å². The van der Waals surface area contributed by atoms with E-state index < -0.39 is 0 Å². The topological polar surface area (TPSA) is 64.4 Å². The standard InChI is InChI=1S/C14H18N2O2/c15-11-3-1-10(2-4-11)14(6-7-14)13(17)16-12-5-8-18-9-12/h1-4,12H,5-9,15H2,(H,16,17). The summed E-state index contributed by atoms with van der Waals surface area (Å²) in [4.78, 5) is 12.4. The van der Waals surface area contributed by atoms with E-state index in [1.165, 1.54) is 0 Å². The van der Waals surface area contributed by atoms with Crippen molar-refractivity contribution in [2.75, 3.05) is 18.9 Å². The number of nitrogens with two attached hydrogens (primary N) is 1. The fourth-order valence-corrected chi connectivity index (χ4v) is 2.55. The first-order valence-electron chi connectivity index (χ1n) is 6.45. The minimum absolute atomic E-state index is 0.141. The van der Waals surface area contributed by atoms with Gasteiger partial charge in [-0.3, -0.25) is 4.79 Å². The second kappa shape index (κ2) is 4.28. The molecule has 4 heteroatoms. The molecule has 96 valence electrons. The summed E-state index contributed by atoms with van der Waals surface area (Å²) in [5.74, 6) is 0.141. The molecule has 0 bridgehead atoms. The molecule has 1 heterocycles. The molecule has 1 unspecified atom stereocenters. The Bertz CT molecular complexity index is 445. The van der Waals surface area contributed by atoms with Gasteiger partial charge in [-0.25, -0.2) is 0 Å². The minimum atomic E-state index is -0.309. The summed E-state index contributed by atoms with van der Waals surface area (Å²) in [5, 5.41) is 3.10. The van der Waals surface area contributed by atoms with Crippen molar-refractivity contribution in [3.8, 4) is 0 Å². The van der Waals surface area contributed by atoms with Gasteiger partial charge in [-0.2, -0.15) is 0 Å². The van der Waals surface area contributed by atoms with E-state index in [1.54, 1.807) is 0 Å². The highest BCUT2D eigenvalue weighted by atomic mass is 16.5. The van der Waals surface area contributed by atoms with Gasteiger partial charge in [-0.05, 0) is 37.0 Å². The maximum atomic E-state index is 12.4. The predicted molar refractivity (Wildman–Crippen MR) is 69.1 cm³/mol. The van der Waals surface area contributed by atoms with Crippen LogP contribution in [0.3, 0.4) is 0 Å². The predicted octanol–water partition coefficient (Wildman–Crippen LogP) is 1.21. The van der Waals surface area contributed by atoms with E-state index in [4.69, 9.17) is 10.5 Å². The number of amides is 1. The highest BCUT2D eigenvalue weighted by Gasteiger charge is 2.51. The lowest BCUT2D eigenvalue weighted by atomic mass is 9.94. The zero-order valence-electron chi connectivity index (χ0n) is 10.3. The fourth-order valence-electron chi connectivity index (χ4n) is 2.55. The molecule has 3 N–H and O–H groups in total. The molecule has 18 heavy (non-hydrogen) atoms. The van der Waals surface area contributed by atoms with E-state index in [0.717, 1.165) is 37.1 Å². The first-order valence-corrected chi connectivity index (χ1v) is 6.45. The third kappa shape index (κ3) is 1.97. The van der Waals surface area contributed by atoms with Crippen molar-refractivity contribution in [1.29, 1.82) is 0 Å². The third-order valence-corrected chi connectivity index (χ3v) is 3.91. The Labute approximate surface area is 107 Å². The number of benzene rings is 1. The van der Waals surface area contributed by atoms with Crippen molar-refractivity contribution in [3.05, 3.63) is 29.8 Å². The average Bonchev–Trinajstić information content (AvgIpc) is 3.03. The molecule has 1 aliphatic carbocycles. The molecule has 1 aromatic carbocycles. The second-order valence-corrected chi connectivity index (χ2v) is 5.24. The molecule has 0 radical (unpaired) electrons. The molecular formula is C14H18N2O2. The van der Waals surface area contributed by atoms with Crippen molar-refractivity contribution in [3.63, 3.8) is 0 Å². The molecule has 1 aromatic rings. The SMILES string of the molecule is Nc1ccc(C2(C(=O)NC3CCOC3)CC2)cc1. The van der Waals surface area contributed by atoms with E-state index in [1.807, 2.05) is 24.3 Å². The highest BCUT2D eigenvalue weighted by molar-refractivity contribution is 5.91. The molecule has 0 spiro atoms. The molecule has 1 aliphatic heterocycles. The number of nitrogens with one attached hydrogen (secondary N) is 1. The fraction of sp³-hybridized carbons (Fsp3) is 0.500. The molecule has 1 atom stereocenters. The Morgan fingerprint density at radius 2 is 2.06 bits per heavy atom. The van der Waals surface area contributed by atoms with Gasteiger partial charge in [-0.15, -0.1) is 0 Å². The number of carbonyl (C=O) groups is 1. The average molecular weight is 246 g/mol. The Hall–Kier alpha value is -1.55. The van der Waals surface area contributed by atoms with Gasteiger partial charge in [0.2, 0.25) is 5.91 Å². The van der Waals surface area contributed by atoms with Crippen LogP contribution in [0.5, 0.6) is 0 Å². The number of nitrogen functional groups attached to an aromatic ring is 1. The molecule has 0 aromatic heterocycles. The van der Waals surface area contributed by atoms with Crippen LogP contribution in [0.1, 0.15) is 24.8 Å². The number of hydrogen-bond acceptors (Lipinski definition) is 3. The molecular weight excluding hydrogens is 228 g/mol. The Balaban J connectivity index is 1.73. The van der Waals surface area contributed by atoms with E-state index in [2.05, 4.69) is 5.32 Å². The molecule has 3 rings (SSSR count). The zero-order chi connectivity index (χ0) is 12.6. The molecule has 1 saturated heterocycles. The number of ether oxygens (including phenoxy) is 1. The molecule has 1 amide bonds. The van der Waals surface area contributed by atoms with E-state index in [9.17, 15) is 4.79 Å². The highest BCUT2D eigenvalue weighted by Crippen LogP contribution is 2.48. The van der Waals surface area contributed by atoms with E-state index in [-0.39, 0.29) is 17.4 Å². The number of carbonyl (C=O) groups excluding carboxylic acids is 1. The van der Waals surface area contributed by atoms with Gasteiger partial charge in [0, 0.05) is 12.3 Å². The Kier molecular flexibility index (Phi) is 2.74. The lowest BCUT2D eigenvalue weighted by Gasteiger charge is -2.18. The van der Waals surface area contributed by atoms with E-state index >= 15 is 0 Å². The summed E-state index contributed by atoms with van der Waals surface area (Å²) in [6.07, 6.45) is 2.77. The van der Waals surface area contributed by atoms with Crippen LogP contribution < -0.4 is 11.1 Å². The molecule has 2 fully saturated rings. The largest absolute Gasteiger partial charge is 0.399 e. The maximum Gasteiger partial charge on any atom is 0.230 e. The van der Waals surface area contributed by atoms with Crippen LogP contribution in [-0.4, -0.2) is 25.2 Å². The van der Waals surface area contributed by atoms with Crippen molar-refractivity contribution in [2.45, 2.75) is 30.7 Å². The van der Waals surface area contributed by atoms with Crippen LogP contribution in [0.15, 0.2) is 24.3 Å². The van der Waals surface area contributed by atoms with Crippen molar-refractivity contribution in [1.82, 2.24) is 5.32 Å². The number of rotatable bonds is 3. The van der Waals surface area contributed by atoms with Crippen LogP contribution in [0.2, 0.25) is 0 Å². The first-order chi connectivity index (χ1) is 8.71. The van der Waals surface area contributed by atoms with Crippen molar-refractivity contribution in [2.24, 2.45) is 0 Å². The summed E-state index contributed by atoms with van der Waals surface area (Å²) in [6, 6.07) is 7.84. The number of anilines is 1. The number of hydrogen-bond donors (Lipinski definition) is 2. The lowest BCUT2D eigenvalue weighted by molar-refractivity contribution is -0.124.